The first kappa shape index (κ1) is 22.1. The highest BCUT2D eigenvalue weighted by molar-refractivity contribution is 7.91. The summed E-state index contributed by atoms with van der Waals surface area (Å²) in [5.74, 6) is 0.695. The Morgan fingerprint density at radius 2 is 1.52 bits per heavy atom. The van der Waals surface area contributed by atoms with Crippen molar-refractivity contribution in [3.05, 3.63) is 65.9 Å². The molecule has 0 radical (unpaired) electrons. The molecule has 2 aromatic carbocycles. The van der Waals surface area contributed by atoms with Crippen molar-refractivity contribution in [3.63, 3.8) is 0 Å². The number of ether oxygens (including phenoxy) is 3. The maximum Gasteiger partial charge on any atom is 0.257 e. The lowest BCUT2D eigenvalue weighted by molar-refractivity contribution is 0.102. The third kappa shape index (κ3) is 4.61. The zero-order valence-corrected chi connectivity index (χ0v) is 18.3. The Labute approximate surface area is 180 Å². The minimum atomic E-state index is -3.77. The van der Waals surface area contributed by atoms with Gasteiger partial charge in [-0.2, -0.15) is 0 Å². The molecule has 1 amide bonds. The Bertz CT molecular complexity index is 1160. The Balaban J connectivity index is 1.83. The summed E-state index contributed by atoms with van der Waals surface area (Å²) >= 11 is 0. The fourth-order valence-corrected chi connectivity index (χ4v) is 4.04. The third-order valence-electron chi connectivity index (χ3n) is 4.53. The summed E-state index contributed by atoms with van der Waals surface area (Å²) in [4.78, 5) is 16.8. The number of nitrogens with zero attached hydrogens (tertiary/aromatic N) is 1. The van der Waals surface area contributed by atoms with Crippen molar-refractivity contribution in [2.75, 3.05) is 26.6 Å². The van der Waals surface area contributed by atoms with Gasteiger partial charge in [-0.05, 0) is 31.2 Å². The average Bonchev–Trinajstić information content (AvgIpc) is 2.78. The van der Waals surface area contributed by atoms with Gasteiger partial charge in [-0.25, -0.2) is 13.4 Å². The number of pyridine rings is 1. The summed E-state index contributed by atoms with van der Waals surface area (Å²) in [6.07, 6.45) is 1.22. The zero-order chi connectivity index (χ0) is 22.6. The predicted molar refractivity (Wildman–Crippen MR) is 115 cm³/mol. The first-order valence-corrected chi connectivity index (χ1v) is 10.7. The monoisotopic (exact) mass is 442 g/mol. The van der Waals surface area contributed by atoms with E-state index >= 15 is 0 Å². The molecule has 8 nitrogen and oxygen atoms in total. The number of amides is 1. The molecule has 0 fully saturated rings. The second-order valence-electron chi connectivity index (χ2n) is 6.57. The average molecular weight is 442 g/mol. The molecule has 3 rings (SSSR count). The molecule has 0 saturated carbocycles. The normalized spacial score (nSPS) is 11.0. The molecule has 0 unspecified atom stereocenters. The maximum absolute atomic E-state index is 12.7. The lowest BCUT2D eigenvalue weighted by Gasteiger charge is -2.14. The smallest absolute Gasteiger partial charge is 0.257 e. The highest BCUT2D eigenvalue weighted by atomic mass is 32.2. The fraction of sp³-hybridized carbons (Fsp3) is 0.182. The maximum atomic E-state index is 12.7. The molecular weight excluding hydrogens is 420 g/mol. The Hall–Kier alpha value is -3.59. The second kappa shape index (κ2) is 9.05. The van der Waals surface area contributed by atoms with Gasteiger partial charge in [0.1, 0.15) is 0 Å². The number of carbonyl (C=O) groups is 1. The lowest BCUT2D eigenvalue weighted by atomic mass is 10.2. The van der Waals surface area contributed by atoms with Gasteiger partial charge in [0.25, 0.3) is 5.91 Å². The largest absolute Gasteiger partial charge is 0.493 e. The molecule has 0 saturated heterocycles. The van der Waals surface area contributed by atoms with Crippen LogP contribution in [0.1, 0.15) is 15.9 Å². The fourth-order valence-electron chi connectivity index (χ4n) is 2.87. The van der Waals surface area contributed by atoms with Crippen molar-refractivity contribution in [3.8, 4) is 17.2 Å². The van der Waals surface area contributed by atoms with Gasteiger partial charge >= 0.3 is 0 Å². The van der Waals surface area contributed by atoms with Gasteiger partial charge in [-0.3, -0.25) is 4.79 Å². The van der Waals surface area contributed by atoms with E-state index in [4.69, 9.17) is 14.2 Å². The summed E-state index contributed by atoms with van der Waals surface area (Å²) in [5.41, 5.74) is 1.55. The minimum absolute atomic E-state index is 0.138. The van der Waals surface area contributed by atoms with Crippen LogP contribution >= 0.6 is 0 Å². The van der Waals surface area contributed by atoms with Gasteiger partial charge in [0.2, 0.25) is 15.6 Å². The van der Waals surface area contributed by atoms with E-state index in [1.165, 1.54) is 51.8 Å². The number of aromatic nitrogens is 1. The standard InChI is InChI=1S/C22H22N2O6S/c1-14-5-8-17(9-6-14)31(26,27)20-10-7-15(13-23-20)22(25)24-16-11-18(28-2)21(30-4)19(12-16)29-3/h5-13H,1-4H3,(H,24,25). The number of hydrogen-bond donors (Lipinski definition) is 1. The van der Waals surface area contributed by atoms with Crippen LogP contribution in [0.2, 0.25) is 0 Å². The van der Waals surface area contributed by atoms with Crippen LogP contribution in [0, 0.1) is 6.92 Å². The molecule has 3 aromatic rings. The summed E-state index contributed by atoms with van der Waals surface area (Å²) < 4.78 is 41.2. The van der Waals surface area contributed by atoms with Gasteiger partial charge in [-0.1, -0.05) is 17.7 Å². The highest BCUT2D eigenvalue weighted by Crippen LogP contribution is 2.40. The van der Waals surface area contributed by atoms with Crippen LogP contribution in [0.5, 0.6) is 17.2 Å². The lowest BCUT2D eigenvalue weighted by Crippen LogP contribution is -2.13. The molecule has 1 N–H and O–H groups in total. The summed E-state index contributed by atoms with van der Waals surface area (Å²) in [5, 5.41) is 2.57. The zero-order valence-electron chi connectivity index (χ0n) is 17.5. The SMILES string of the molecule is COc1cc(NC(=O)c2ccc(S(=O)(=O)c3ccc(C)cc3)nc2)cc(OC)c1OC. The first-order chi connectivity index (χ1) is 14.8. The molecular formula is C22H22N2O6S. The van der Waals surface area contributed by atoms with Crippen molar-refractivity contribution in [2.45, 2.75) is 16.8 Å². The van der Waals surface area contributed by atoms with E-state index in [2.05, 4.69) is 10.3 Å². The van der Waals surface area contributed by atoms with Crippen molar-refractivity contribution in [1.82, 2.24) is 4.98 Å². The minimum Gasteiger partial charge on any atom is -0.493 e. The van der Waals surface area contributed by atoms with Gasteiger partial charge in [0.05, 0.1) is 31.8 Å². The van der Waals surface area contributed by atoms with Crippen LogP contribution in [-0.4, -0.2) is 40.6 Å². The topological polar surface area (TPSA) is 104 Å². The Morgan fingerprint density at radius 1 is 0.903 bits per heavy atom. The Morgan fingerprint density at radius 3 is 2.00 bits per heavy atom. The molecule has 162 valence electrons. The number of anilines is 1. The molecule has 0 bridgehead atoms. The number of sulfone groups is 1. The molecule has 0 aliphatic rings. The number of hydrogen-bond acceptors (Lipinski definition) is 7. The van der Waals surface area contributed by atoms with Gasteiger partial charge in [-0.15, -0.1) is 0 Å². The van der Waals surface area contributed by atoms with E-state index in [1.807, 2.05) is 6.92 Å². The molecule has 0 spiro atoms. The summed E-state index contributed by atoms with van der Waals surface area (Å²) in [7, 11) is 0.655. The second-order valence-corrected chi connectivity index (χ2v) is 8.47. The number of aryl methyl sites for hydroxylation is 1. The predicted octanol–water partition coefficient (Wildman–Crippen LogP) is 3.50. The van der Waals surface area contributed by atoms with Crippen LogP contribution in [-0.2, 0) is 9.84 Å². The van der Waals surface area contributed by atoms with E-state index in [1.54, 1.807) is 24.3 Å². The molecule has 1 aromatic heterocycles. The Kier molecular flexibility index (Phi) is 6.45. The summed E-state index contributed by atoms with van der Waals surface area (Å²) in [6.45, 7) is 1.87. The molecule has 0 aliphatic carbocycles. The van der Waals surface area contributed by atoms with Crippen LogP contribution in [0.15, 0.2) is 64.6 Å². The molecule has 0 atom stereocenters. The molecule has 0 aliphatic heterocycles. The molecule has 1 heterocycles. The number of nitrogens with one attached hydrogen (secondary N) is 1. The van der Waals surface area contributed by atoms with E-state index in [0.29, 0.717) is 22.9 Å². The first-order valence-electron chi connectivity index (χ1n) is 9.19. The van der Waals surface area contributed by atoms with E-state index < -0.39 is 15.7 Å². The van der Waals surface area contributed by atoms with Gasteiger partial charge in [0.15, 0.2) is 16.5 Å². The van der Waals surface area contributed by atoms with Crippen LogP contribution in [0.3, 0.4) is 0 Å². The number of methoxy groups -OCH3 is 3. The van der Waals surface area contributed by atoms with E-state index in [-0.39, 0.29) is 15.5 Å². The third-order valence-corrected chi connectivity index (χ3v) is 6.21. The van der Waals surface area contributed by atoms with Crippen molar-refractivity contribution in [1.29, 1.82) is 0 Å². The van der Waals surface area contributed by atoms with E-state index in [0.717, 1.165) is 5.56 Å². The van der Waals surface area contributed by atoms with Crippen molar-refractivity contribution < 1.29 is 27.4 Å². The molecule has 31 heavy (non-hydrogen) atoms. The van der Waals surface area contributed by atoms with Crippen molar-refractivity contribution >= 4 is 21.4 Å². The number of carbonyl (C=O) groups excluding carboxylic acids is 1. The quantitative estimate of drug-likeness (QED) is 0.597. The van der Waals surface area contributed by atoms with Crippen LogP contribution in [0.4, 0.5) is 5.69 Å². The number of rotatable bonds is 7. The van der Waals surface area contributed by atoms with Crippen LogP contribution < -0.4 is 19.5 Å². The van der Waals surface area contributed by atoms with Gasteiger partial charge in [0, 0.05) is 24.0 Å². The number of benzene rings is 2. The summed E-state index contributed by atoms with van der Waals surface area (Å²) in [6, 6.07) is 12.4. The van der Waals surface area contributed by atoms with Crippen LogP contribution in [0.25, 0.3) is 0 Å². The van der Waals surface area contributed by atoms with Crippen molar-refractivity contribution in [2.24, 2.45) is 0 Å². The highest BCUT2D eigenvalue weighted by Gasteiger charge is 2.20. The van der Waals surface area contributed by atoms with Gasteiger partial charge < -0.3 is 19.5 Å². The molecule has 9 heteroatoms. The van der Waals surface area contributed by atoms with E-state index in [9.17, 15) is 13.2 Å².